The largest absolute Gasteiger partial charge is 0.388 e. The smallest absolute Gasteiger partial charge is 0.156 e. The second-order valence-electron chi connectivity index (χ2n) is 5.46. The van der Waals surface area contributed by atoms with Gasteiger partial charge in [0.2, 0.25) is 0 Å². The molecule has 0 saturated heterocycles. The summed E-state index contributed by atoms with van der Waals surface area (Å²) in [6.45, 7) is 2.51. The SMILES string of the molecule is Cc1nnc(NCC2(O)CCCC2)c2ccccc12. The number of aromatic nitrogens is 2. The van der Waals surface area contributed by atoms with Crippen molar-refractivity contribution < 1.29 is 5.11 Å². The molecule has 1 aromatic carbocycles. The van der Waals surface area contributed by atoms with Crippen molar-refractivity contribution >= 4 is 16.6 Å². The average Bonchev–Trinajstić information content (AvgIpc) is 2.86. The average molecular weight is 257 g/mol. The number of nitrogens with zero attached hydrogens (tertiary/aromatic N) is 2. The van der Waals surface area contributed by atoms with Crippen molar-refractivity contribution in [1.29, 1.82) is 0 Å². The van der Waals surface area contributed by atoms with Crippen LogP contribution in [0.4, 0.5) is 5.82 Å². The lowest BCUT2D eigenvalue weighted by atomic mass is 10.0. The normalized spacial score (nSPS) is 17.8. The molecule has 0 aliphatic heterocycles. The second-order valence-corrected chi connectivity index (χ2v) is 5.46. The van der Waals surface area contributed by atoms with Crippen LogP contribution < -0.4 is 5.32 Å². The van der Waals surface area contributed by atoms with Crippen LogP contribution in [0.2, 0.25) is 0 Å². The second kappa shape index (κ2) is 4.78. The Morgan fingerprint density at radius 3 is 2.58 bits per heavy atom. The van der Waals surface area contributed by atoms with Crippen LogP contribution in [0.1, 0.15) is 31.4 Å². The lowest BCUT2D eigenvalue weighted by molar-refractivity contribution is 0.0614. The van der Waals surface area contributed by atoms with E-state index in [9.17, 15) is 5.11 Å². The van der Waals surface area contributed by atoms with Crippen molar-refractivity contribution in [3.05, 3.63) is 30.0 Å². The van der Waals surface area contributed by atoms with Crippen LogP contribution >= 0.6 is 0 Å². The number of anilines is 1. The van der Waals surface area contributed by atoms with Gasteiger partial charge < -0.3 is 10.4 Å². The quantitative estimate of drug-likeness (QED) is 0.887. The standard InChI is InChI=1S/C15H19N3O/c1-11-12-6-2-3-7-13(12)14(18-17-11)16-10-15(19)8-4-5-9-15/h2-3,6-7,19H,4-5,8-10H2,1H3,(H,16,18). The minimum absolute atomic E-state index is 0.550. The van der Waals surface area contributed by atoms with Crippen molar-refractivity contribution in [3.8, 4) is 0 Å². The molecular weight excluding hydrogens is 238 g/mol. The van der Waals surface area contributed by atoms with Crippen molar-refractivity contribution in [2.24, 2.45) is 0 Å². The van der Waals surface area contributed by atoms with Crippen LogP contribution in [0.15, 0.2) is 24.3 Å². The molecule has 0 radical (unpaired) electrons. The first kappa shape index (κ1) is 12.4. The molecule has 0 atom stereocenters. The third-order valence-corrected chi connectivity index (χ3v) is 3.99. The van der Waals surface area contributed by atoms with Crippen molar-refractivity contribution in [2.45, 2.75) is 38.2 Å². The highest BCUT2D eigenvalue weighted by atomic mass is 16.3. The molecule has 2 N–H and O–H groups in total. The van der Waals surface area contributed by atoms with E-state index in [2.05, 4.69) is 21.6 Å². The molecule has 2 aromatic rings. The Kier molecular flexibility index (Phi) is 3.11. The first-order valence-corrected chi connectivity index (χ1v) is 6.86. The highest BCUT2D eigenvalue weighted by molar-refractivity contribution is 5.92. The van der Waals surface area contributed by atoms with Gasteiger partial charge in [0, 0.05) is 17.3 Å². The highest BCUT2D eigenvalue weighted by Crippen LogP contribution is 2.30. The molecule has 0 bridgehead atoms. The summed E-state index contributed by atoms with van der Waals surface area (Å²) in [7, 11) is 0. The van der Waals surface area contributed by atoms with Gasteiger partial charge >= 0.3 is 0 Å². The lowest BCUT2D eigenvalue weighted by Gasteiger charge is -2.23. The van der Waals surface area contributed by atoms with Crippen LogP contribution in [0, 0.1) is 6.92 Å². The zero-order valence-corrected chi connectivity index (χ0v) is 11.2. The molecule has 1 fully saturated rings. The monoisotopic (exact) mass is 257 g/mol. The molecule has 19 heavy (non-hydrogen) atoms. The molecule has 1 aliphatic rings. The first-order chi connectivity index (χ1) is 9.18. The molecule has 0 amide bonds. The number of benzene rings is 1. The Hall–Kier alpha value is -1.68. The Morgan fingerprint density at radius 1 is 1.16 bits per heavy atom. The maximum absolute atomic E-state index is 10.4. The van der Waals surface area contributed by atoms with E-state index in [1.807, 2.05) is 25.1 Å². The number of fused-ring (bicyclic) bond motifs is 1. The molecule has 4 heteroatoms. The number of rotatable bonds is 3. The molecule has 4 nitrogen and oxygen atoms in total. The molecule has 0 unspecified atom stereocenters. The van der Waals surface area contributed by atoms with Gasteiger partial charge in [-0.15, -0.1) is 5.10 Å². The van der Waals surface area contributed by atoms with Gasteiger partial charge in [-0.3, -0.25) is 0 Å². The summed E-state index contributed by atoms with van der Waals surface area (Å²) in [5, 5.41) is 24.2. The molecule has 3 rings (SSSR count). The van der Waals surface area contributed by atoms with E-state index in [4.69, 9.17) is 0 Å². The van der Waals surface area contributed by atoms with Crippen LogP contribution in [0.3, 0.4) is 0 Å². The van der Waals surface area contributed by atoms with Gasteiger partial charge in [-0.1, -0.05) is 37.1 Å². The third kappa shape index (κ3) is 2.40. The Labute approximate surface area is 112 Å². The summed E-state index contributed by atoms with van der Waals surface area (Å²) in [5.41, 5.74) is 0.356. The van der Waals surface area contributed by atoms with Crippen molar-refractivity contribution in [2.75, 3.05) is 11.9 Å². The van der Waals surface area contributed by atoms with Crippen LogP contribution in [-0.4, -0.2) is 27.4 Å². The fourth-order valence-corrected chi connectivity index (χ4v) is 2.83. The van der Waals surface area contributed by atoms with E-state index in [1.165, 1.54) is 0 Å². The first-order valence-electron chi connectivity index (χ1n) is 6.86. The zero-order valence-electron chi connectivity index (χ0n) is 11.2. The highest BCUT2D eigenvalue weighted by Gasteiger charge is 2.30. The Bertz CT molecular complexity index is 591. The fraction of sp³-hybridized carbons (Fsp3) is 0.467. The summed E-state index contributed by atoms with van der Waals surface area (Å²) < 4.78 is 0. The summed E-state index contributed by atoms with van der Waals surface area (Å²) in [4.78, 5) is 0. The minimum atomic E-state index is -0.576. The van der Waals surface area contributed by atoms with Crippen LogP contribution in [-0.2, 0) is 0 Å². The summed E-state index contributed by atoms with van der Waals surface area (Å²) in [6, 6.07) is 8.09. The number of nitrogens with one attached hydrogen (secondary N) is 1. The molecule has 0 spiro atoms. The third-order valence-electron chi connectivity index (χ3n) is 3.99. The van der Waals surface area contributed by atoms with Gasteiger partial charge in [0.1, 0.15) is 0 Å². The van der Waals surface area contributed by atoms with Gasteiger partial charge in [0.15, 0.2) is 5.82 Å². The van der Waals surface area contributed by atoms with Gasteiger partial charge in [0.25, 0.3) is 0 Å². The fourth-order valence-electron chi connectivity index (χ4n) is 2.83. The van der Waals surface area contributed by atoms with Gasteiger partial charge in [-0.25, -0.2) is 0 Å². The molecule has 1 heterocycles. The van der Waals surface area contributed by atoms with Crippen molar-refractivity contribution in [3.63, 3.8) is 0 Å². The maximum Gasteiger partial charge on any atom is 0.156 e. The lowest BCUT2D eigenvalue weighted by Crippen LogP contribution is -2.33. The number of hydrogen-bond acceptors (Lipinski definition) is 4. The maximum atomic E-state index is 10.4. The van der Waals surface area contributed by atoms with Gasteiger partial charge in [0.05, 0.1) is 11.3 Å². The summed E-state index contributed by atoms with van der Waals surface area (Å²) in [6.07, 6.45) is 3.96. The summed E-state index contributed by atoms with van der Waals surface area (Å²) in [5.74, 6) is 0.765. The predicted molar refractivity (Wildman–Crippen MR) is 76.2 cm³/mol. The van der Waals surface area contributed by atoms with Crippen LogP contribution in [0.25, 0.3) is 10.8 Å². The summed E-state index contributed by atoms with van der Waals surface area (Å²) >= 11 is 0. The van der Waals surface area contributed by atoms with E-state index in [0.717, 1.165) is 48.0 Å². The van der Waals surface area contributed by atoms with E-state index < -0.39 is 5.60 Å². The Balaban J connectivity index is 1.87. The van der Waals surface area contributed by atoms with Gasteiger partial charge in [-0.05, 0) is 19.8 Å². The molecule has 1 aromatic heterocycles. The molecular formula is C15H19N3O. The van der Waals surface area contributed by atoms with Gasteiger partial charge in [-0.2, -0.15) is 5.10 Å². The van der Waals surface area contributed by atoms with E-state index in [1.54, 1.807) is 0 Å². The number of aryl methyl sites for hydroxylation is 1. The van der Waals surface area contributed by atoms with E-state index in [-0.39, 0.29) is 0 Å². The Morgan fingerprint density at radius 2 is 1.84 bits per heavy atom. The minimum Gasteiger partial charge on any atom is -0.388 e. The number of aliphatic hydroxyl groups is 1. The van der Waals surface area contributed by atoms with Crippen molar-refractivity contribution in [1.82, 2.24) is 10.2 Å². The molecule has 1 saturated carbocycles. The molecule has 1 aliphatic carbocycles. The van der Waals surface area contributed by atoms with E-state index >= 15 is 0 Å². The van der Waals surface area contributed by atoms with Crippen LogP contribution in [0.5, 0.6) is 0 Å². The topological polar surface area (TPSA) is 58.0 Å². The predicted octanol–water partition coefficient (Wildman–Crippen LogP) is 2.66. The zero-order chi connectivity index (χ0) is 13.3. The number of hydrogen-bond donors (Lipinski definition) is 2. The van der Waals surface area contributed by atoms with E-state index in [0.29, 0.717) is 6.54 Å². The molecule has 100 valence electrons.